The van der Waals surface area contributed by atoms with E-state index in [4.69, 9.17) is 17.3 Å². The maximum atomic E-state index is 5.98. The standard InChI is InChI=1S/C12H15ClN4/c13-9-6-11-15-12(8-4-2-1-3-5-8)16-17(11)7-10(9)14/h6-8H,1-5,14H2. The second-order valence-electron chi connectivity index (χ2n) is 4.68. The summed E-state index contributed by atoms with van der Waals surface area (Å²) >= 11 is 5.98. The van der Waals surface area contributed by atoms with Crippen molar-refractivity contribution in [3.8, 4) is 0 Å². The number of nitrogens with two attached hydrogens (primary N) is 1. The van der Waals surface area contributed by atoms with Gasteiger partial charge >= 0.3 is 0 Å². The summed E-state index contributed by atoms with van der Waals surface area (Å²) < 4.78 is 1.73. The summed E-state index contributed by atoms with van der Waals surface area (Å²) in [5, 5.41) is 5.05. The Morgan fingerprint density at radius 1 is 1.29 bits per heavy atom. The predicted molar refractivity (Wildman–Crippen MR) is 68.2 cm³/mol. The summed E-state index contributed by atoms with van der Waals surface area (Å²) in [5.74, 6) is 1.44. The van der Waals surface area contributed by atoms with Crippen LogP contribution in [0.4, 0.5) is 5.69 Å². The van der Waals surface area contributed by atoms with Gasteiger partial charge in [-0.25, -0.2) is 9.50 Å². The van der Waals surface area contributed by atoms with Gasteiger partial charge in [0.15, 0.2) is 11.5 Å². The van der Waals surface area contributed by atoms with Gasteiger partial charge in [-0.05, 0) is 12.8 Å². The molecule has 0 aliphatic heterocycles. The van der Waals surface area contributed by atoms with Crippen molar-refractivity contribution in [1.29, 1.82) is 0 Å². The van der Waals surface area contributed by atoms with Gasteiger partial charge < -0.3 is 5.73 Å². The Kier molecular flexibility index (Phi) is 2.67. The Morgan fingerprint density at radius 3 is 2.82 bits per heavy atom. The molecule has 4 nitrogen and oxygen atoms in total. The average Bonchev–Trinajstić information content (AvgIpc) is 2.74. The van der Waals surface area contributed by atoms with Crippen LogP contribution in [0, 0.1) is 0 Å². The zero-order valence-corrected chi connectivity index (χ0v) is 10.3. The number of nitrogens with zero attached hydrogens (tertiary/aromatic N) is 3. The molecule has 0 amide bonds. The molecule has 1 saturated carbocycles. The predicted octanol–water partition coefficient (Wildman–Crippen LogP) is 3.01. The maximum Gasteiger partial charge on any atom is 0.157 e. The fourth-order valence-electron chi connectivity index (χ4n) is 2.47. The largest absolute Gasteiger partial charge is 0.396 e. The van der Waals surface area contributed by atoms with Crippen LogP contribution in [0.5, 0.6) is 0 Å². The number of halogens is 1. The van der Waals surface area contributed by atoms with E-state index in [-0.39, 0.29) is 0 Å². The summed E-state index contributed by atoms with van der Waals surface area (Å²) in [4.78, 5) is 4.55. The van der Waals surface area contributed by atoms with E-state index < -0.39 is 0 Å². The van der Waals surface area contributed by atoms with Crippen molar-refractivity contribution >= 4 is 22.9 Å². The molecule has 3 rings (SSSR count). The highest BCUT2D eigenvalue weighted by Crippen LogP contribution is 2.31. The number of hydrogen-bond acceptors (Lipinski definition) is 3. The lowest BCUT2D eigenvalue weighted by Gasteiger charge is -2.17. The number of hydrogen-bond donors (Lipinski definition) is 1. The minimum Gasteiger partial charge on any atom is -0.396 e. The topological polar surface area (TPSA) is 56.2 Å². The van der Waals surface area contributed by atoms with E-state index in [9.17, 15) is 0 Å². The molecule has 90 valence electrons. The lowest BCUT2D eigenvalue weighted by molar-refractivity contribution is 0.429. The van der Waals surface area contributed by atoms with Gasteiger partial charge in [-0.3, -0.25) is 0 Å². The normalized spacial score (nSPS) is 17.7. The average molecular weight is 251 g/mol. The van der Waals surface area contributed by atoms with Crippen LogP contribution in [-0.4, -0.2) is 14.6 Å². The van der Waals surface area contributed by atoms with Crippen LogP contribution in [-0.2, 0) is 0 Å². The first-order chi connectivity index (χ1) is 8.24. The molecule has 1 fully saturated rings. The highest BCUT2D eigenvalue weighted by Gasteiger charge is 2.20. The zero-order valence-electron chi connectivity index (χ0n) is 9.56. The molecule has 0 atom stereocenters. The van der Waals surface area contributed by atoms with Gasteiger partial charge in [0.25, 0.3) is 0 Å². The molecule has 2 heterocycles. The van der Waals surface area contributed by atoms with E-state index in [0.29, 0.717) is 16.6 Å². The van der Waals surface area contributed by atoms with Crippen molar-refractivity contribution in [2.75, 3.05) is 5.73 Å². The van der Waals surface area contributed by atoms with Gasteiger partial charge in [-0.1, -0.05) is 30.9 Å². The quantitative estimate of drug-likeness (QED) is 0.847. The van der Waals surface area contributed by atoms with E-state index in [1.807, 2.05) is 0 Å². The molecule has 0 bridgehead atoms. The first-order valence-electron chi connectivity index (χ1n) is 6.05. The molecule has 0 saturated heterocycles. The van der Waals surface area contributed by atoms with E-state index in [1.54, 1.807) is 16.8 Å². The van der Waals surface area contributed by atoms with Gasteiger partial charge in [-0.2, -0.15) is 5.10 Å². The summed E-state index contributed by atoms with van der Waals surface area (Å²) in [5.41, 5.74) is 7.08. The Hall–Kier alpha value is -1.29. The molecular formula is C12H15ClN4. The molecule has 1 aliphatic rings. The Morgan fingerprint density at radius 2 is 2.06 bits per heavy atom. The van der Waals surface area contributed by atoms with E-state index in [0.717, 1.165) is 11.5 Å². The van der Waals surface area contributed by atoms with Gasteiger partial charge in [0, 0.05) is 12.0 Å². The minimum absolute atomic E-state index is 0.503. The summed E-state index contributed by atoms with van der Waals surface area (Å²) in [7, 11) is 0. The van der Waals surface area contributed by atoms with Crippen molar-refractivity contribution < 1.29 is 0 Å². The highest BCUT2D eigenvalue weighted by molar-refractivity contribution is 6.33. The van der Waals surface area contributed by atoms with Crippen LogP contribution in [0.3, 0.4) is 0 Å². The van der Waals surface area contributed by atoms with Crippen LogP contribution in [0.25, 0.3) is 5.65 Å². The molecule has 17 heavy (non-hydrogen) atoms. The molecule has 2 aromatic heterocycles. The number of anilines is 1. The molecule has 0 radical (unpaired) electrons. The first-order valence-corrected chi connectivity index (χ1v) is 6.43. The maximum absolute atomic E-state index is 5.98. The second kappa shape index (κ2) is 4.18. The fourth-order valence-corrected chi connectivity index (χ4v) is 2.62. The Bertz CT molecular complexity index is 504. The second-order valence-corrected chi connectivity index (χ2v) is 5.09. The molecular weight excluding hydrogens is 236 g/mol. The zero-order chi connectivity index (χ0) is 11.8. The summed E-state index contributed by atoms with van der Waals surface area (Å²) in [6.07, 6.45) is 8.02. The van der Waals surface area contributed by atoms with Crippen LogP contribution in [0.2, 0.25) is 5.02 Å². The van der Waals surface area contributed by atoms with Gasteiger partial charge in [0.2, 0.25) is 0 Å². The number of aromatic nitrogens is 3. The Balaban J connectivity index is 2.00. The third-order valence-corrected chi connectivity index (χ3v) is 3.76. The number of nitrogen functional groups attached to an aromatic ring is 1. The molecule has 0 unspecified atom stereocenters. The van der Waals surface area contributed by atoms with E-state index in [2.05, 4.69) is 10.1 Å². The Labute approximate surface area is 105 Å². The molecule has 0 aromatic carbocycles. The number of pyridine rings is 1. The first kappa shape index (κ1) is 10.8. The van der Waals surface area contributed by atoms with Gasteiger partial charge in [0.05, 0.1) is 16.9 Å². The molecule has 1 aliphatic carbocycles. The van der Waals surface area contributed by atoms with Gasteiger partial charge in [-0.15, -0.1) is 0 Å². The van der Waals surface area contributed by atoms with Crippen molar-refractivity contribution in [1.82, 2.24) is 14.6 Å². The molecule has 5 heteroatoms. The van der Waals surface area contributed by atoms with Crippen LogP contribution in [0.1, 0.15) is 43.8 Å². The molecule has 2 aromatic rings. The lowest BCUT2D eigenvalue weighted by atomic mass is 9.89. The van der Waals surface area contributed by atoms with Crippen molar-refractivity contribution in [3.63, 3.8) is 0 Å². The van der Waals surface area contributed by atoms with Crippen molar-refractivity contribution in [3.05, 3.63) is 23.1 Å². The fraction of sp³-hybridized carbons (Fsp3) is 0.500. The number of fused-ring (bicyclic) bond motifs is 1. The third kappa shape index (κ3) is 1.97. The third-order valence-electron chi connectivity index (χ3n) is 3.44. The number of rotatable bonds is 1. The summed E-state index contributed by atoms with van der Waals surface area (Å²) in [6.45, 7) is 0. The van der Waals surface area contributed by atoms with Crippen LogP contribution in [0.15, 0.2) is 12.3 Å². The summed E-state index contributed by atoms with van der Waals surface area (Å²) in [6, 6.07) is 1.77. The monoisotopic (exact) mass is 250 g/mol. The SMILES string of the molecule is Nc1cn2nc(C3CCCCC3)nc2cc1Cl. The molecule has 2 N–H and O–H groups in total. The van der Waals surface area contributed by atoms with Crippen molar-refractivity contribution in [2.24, 2.45) is 0 Å². The highest BCUT2D eigenvalue weighted by atomic mass is 35.5. The molecule has 0 spiro atoms. The van der Waals surface area contributed by atoms with Crippen molar-refractivity contribution in [2.45, 2.75) is 38.0 Å². The smallest absolute Gasteiger partial charge is 0.157 e. The van der Waals surface area contributed by atoms with Crippen LogP contribution < -0.4 is 5.73 Å². The van der Waals surface area contributed by atoms with Gasteiger partial charge in [0.1, 0.15) is 0 Å². The van der Waals surface area contributed by atoms with E-state index >= 15 is 0 Å². The van der Waals surface area contributed by atoms with Crippen LogP contribution >= 0.6 is 11.6 Å². The van der Waals surface area contributed by atoms with E-state index in [1.165, 1.54) is 32.1 Å². The minimum atomic E-state index is 0.503. The lowest BCUT2D eigenvalue weighted by Crippen LogP contribution is -2.06.